The molecular weight excluding hydrogens is 368 g/mol. The van der Waals surface area contributed by atoms with Crippen molar-refractivity contribution in [3.8, 4) is 0 Å². The lowest BCUT2D eigenvalue weighted by molar-refractivity contribution is 0.0697. The SMILES string of the molecule is CS(=O)(=O)Nc1cc(NS(=O)(=O)Cc2ccccc2)cc(C(=O)O)c1. The van der Waals surface area contributed by atoms with E-state index in [0.717, 1.165) is 18.4 Å². The molecule has 0 amide bonds. The summed E-state index contributed by atoms with van der Waals surface area (Å²) in [5.41, 5.74) is 0.187. The molecule has 0 unspecified atom stereocenters. The standard InChI is InChI=1S/C15H16N2O6S2/c1-24(20,21)16-13-7-12(15(18)19)8-14(9-13)17-25(22,23)10-11-5-3-2-4-6-11/h2-9,16-17H,10H2,1H3,(H,18,19). The molecule has 0 spiro atoms. The van der Waals surface area contributed by atoms with Gasteiger partial charge in [-0.1, -0.05) is 30.3 Å². The highest BCUT2D eigenvalue weighted by molar-refractivity contribution is 7.92. The maximum Gasteiger partial charge on any atom is 0.335 e. The Hall–Kier alpha value is -2.59. The number of carboxylic acid groups (broad SMARTS) is 1. The van der Waals surface area contributed by atoms with Crippen LogP contribution < -0.4 is 9.44 Å². The molecule has 0 radical (unpaired) electrons. The Kier molecular flexibility index (Phi) is 5.33. The van der Waals surface area contributed by atoms with Gasteiger partial charge in [0.1, 0.15) is 0 Å². The third-order valence-electron chi connectivity index (χ3n) is 2.96. The molecule has 2 aromatic carbocycles. The molecule has 0 saturated heterocycles. The molecule has 0 aromatic heterocycles. The maximum absolute atomic E-state index is 12.2. The van der Waals surface area contributed by atoms with Crippen LogP contribution in [0, 0.1) is 0 Å². The molecule has 0 bridgehead atoms. The second-order valence-electron chi connectivity index (χ2n) is 5.33. The van der Waals surface area contributed by atoms with Crippen molar-refractivity contribution in [1.29, 1.82) is 0 Å². The van der Waals surface area contributed by atoms with E-state index in [4.69, 9.17) is 5.11 Å². The zero-order valence-corrected chi connectivity index (χ0v) is 14.8. The van der Waals surface area contributed by atoms with E-state index in [2.05, 4.69) is 9.44 Å². The van der Waals surface area contributed by atoms with Gasteiger partial charge in [-0.25, -0.2) is 21.6 Å². The van der Waals surface area contributed by atoms with Gasteiger partial charge in [-0.05, 0) is 23.8 Å². The maximum atomic E-state index is 12.2. The van der Waals surface area contributed by atoms with Gasteiger partial charge in [0, 0.05) is 0 Å². The van der Waals surface area contributed by atoms with Crippen LogP contribution >= 0.6 is 0 Å². The molecule has 8 nitrogen and oxygen atoms in total. The molecule has 0 aliphatic rings. The van der Waals surface area contributed by atoms with E-state index in [0.29, 0.717) is 5.56 Å². The first-order valence-corrected chi connectivity index (χ1v) is 10.5. The van der Waals surface area contributed by atoms with Crippen molar-refractivity contribution in [2.75, 3.05) is 15.7 Å². The van der Waals surface area contributed by atoms with Crippen molar-refractivity contribution in [2.45, 2.75) is 5.75 Å². The van der Waals surface area contributed by atoms with Crippen LogP contribution in [0.5, 0.6) is 0 Å². The zero-order chi connectivity index (χ0) is 18.7. The summed E-state index contributed by atoms with van der Waals surface area (Å²) in [6.07, 6.45) is 0.902. The van der Waals surface area contributed by atoms with E-state index in [1.54, 1.807) is 30.3 Å². The highest BCUT2D eigenvalue weighted by Crippen LogP contribution is 2.22. The fourth-order valence-electron chi connectivity index (χ4n) is 2.09. The molecule has 25 heavy (non-hydrogen) atoms. The summed E-state index contributed by atoms with van der Waals surface area (Å²) in [6.45, 7) is 0. The molecule has 3 N–H and O–H groups in total. The van der Waals surface area contributed by atoms with Crippen molar-refractivity contribution >= 4 is 37.4 Å². The number of carbonyl (C=O) groups is 1. The molecule has 0 aliphatic heterocycles. The molecule has 0 saturated carbocycles. The van der Waals surface area contributed by atoms with Crippen LogP contribution in [-0.4, -0.2) is 34.2 Å². The first kappa shape index (κ1) is 18.7. The zero-order valence-electron chi connectivity index (χ0n) is 13.1. The molecule has 2 aromatic rings. The van der Waals surface area contributed by atoms with Gasteiger partial charge in [0.05, 0.1) is 28.9 Å². The predicted molar refractivity (Wildman–Crippen MR) is 94.6 cm³/mol. The van der Waals surface area contributed by atoms with Gasteiger partial charge >= 0.3 is 5.97 Å². The molecule has 2 rings (SSSR count). The number of rotatable bonds is 7. The summed E-state index contributed by atoms with van der Waals surface area (Å²) in [5.74, 6) is -1.62. The van der Waals surface area contributed by atoms with Crippen molar-refractivity contribution in [3.05, 3.63) is 59.7 Å². The van der Waals surface area contributed by atoms with Crippen molar-refractivity contribution in [1.82, 2.24) is 0 Å². The largest absolute Gasteiger partial charge is 0.478 e. The van der Waals surface area contributed by atoms with E-state index >= 15 is 0 Å². The van der Waals surface area contributed by atoms with Gasteiger partial charge in [0.2, 0.25) is 20.0 Å². The van der Waals surface area contributed by atoms with Gasteiger partial charge in [0.25, 0.3) is 0 Å². The second kappa shape index (κ2) is 7.11. The third-order valence-corrected chi connectivity index (χ3v) is 4.82. The Labute approximate surface area is 145 Å². The van der Waals surface area contributed by atoms with Crippen molar-refractivity contribution in [3.63, 3.8) is 0 Å². The highest BCUT2D eigenvalue weighted by atomic mass is 32.2. The van der Waals surface area contributed by atoms with E-state index < -0.39 is 26.0 Å². The lowest BCUT2D eigenvalue weighted by atomic mass is 10.2. The molecule has 0 aliphatic carbocycles. The lowest BCUT2D eigenvalue weighted by Gasteiger charge is -2.12. The summed E-state index contributed by atoms with van der Waals surface area (Å²) in [4.78, 5) is 11.2. The summed E-state index contributed by atoms with van der Waals surface area (Å²) >= 11 is 0. The fourth-order valence-corrected chi connectivity index (χ4v) is 3.82. The van der Waals surface area contributed by atoms with Crippen LogP contribution in [-0.2, 0) is 25.8 Å². The minimum Gasteiger partial charge on any atom is -0.478 e. The van der Waals surface area contributed by atoms with Crippen LogP contribution in [0.15, 0.2) is 48.5 Å². The number of hydrogen-bond donors (Lipinski definition) is 3. The van der Waals surface area contributed by atoms with Gasteiger partial charge in [-0.3, -0.25) is 9.44 Å². The third kappa shape index (κ3) is 6.08. The quantitative estimate of drug-likeness (QED) is 0.666. The van der Waals surface area contributed by atoms with Crippen LogP contribution in [0.2, 0.25) is 0 Å². The number of anilines is 2. The summed E-state index contributed by atoms with van der Waals surface area (Å²) in [5, 5.41) is 9.11. The summed E-state index contributed by atoms with van der Waals surface area (Å²) in [6, 6.07) is 11.8. The number of nitrogens with one attached hydrogen (secondary N) is 2. The Bertz CT molecular complexity index is 986. The lowest BCUT2D eigenvalue weighted by Crippen LogP contribution is -2.16. The van der Waals surface area contributed by atoms with Crippen LogP contribution in [0.3, 0.4) is 0 Å². The predicted octanol–water partition coefficient (Wildman–Crippen LogP) is 1.70. The van der Waals surface area contributed by atoms with Gasteiger partial charge < -0.3 is 5.11 Å². The average molecular weight is 384 g/mol. The number of benzene rings is 2. The topological polar surface area (TPSA) is 130 Å². The molecule has 134 valence electrons. The highest BCUT2D eigenvalue weighted by Gasteiger charge is 2.15. The van der Waals surface area contributed by atoms with E-state index in [1.807, 2.05) is 0 Å². The molecule has 0 atom stereocenters. The monoisotopic (exact) mass is 384 g/mol. The van der Waals surface area contributed by atoms with Gasteiger partial charge in [-0.15, -0.1) is 0 Å². The number of carboxylic acids is 1. The second-order valence-corrected chi connectivity index (χ2v) is 8.80. The smallest absolute Gasteiger partial charge is 0.335 e. The van der Waals surface area contributed by atoms with Crippen molar-refractivity contribution in [2.24, 2.45) is 0 Å². The number of hydrogen-bond acceptors (Lipinski definition) is 5. The molecule has 0 fully saturated rings. The van der Waals surface area contributed by atoms with Crippen LogP contribution in [0.4, 0.5) is 11.4 Å². The molecule has 10 heteroatoms. The average Bonchev–Trinajstić information content (AvgIpc) is 2.44. The minimum absolute atomic E-state index is 0.0537. The summed E-state index contributed by atoms with van der Waals surface area (Å²) < 4.78 is 51.5. The first-order valence-electron chi connectivity index (χ1n) is 6.95. The Morgan fingerprint density at radius 2 is 1.52 bits per heavy atom. The van der Waals surface area contributed by atoms with E-state index in [9.17, 15) is 21.6 Å². The molecule has 0 heterocycles. The Morgan fingerprint density at radius 1 is 0.960 bits per heavy atom. The van der Waals surface area contributed by atoms with Crippen molar-refractivity contribution < 1.29 is 26.7 Å². The van der Waals surface area contributed by atoms with E-state index in [-0.39, 0.29) is 22.7 Å². The van der Waals surface area contributed by atoms with E-state index in [1.165, 1.54) is 6.07 Å². The Balaban J connectivity index is 2.32. The molecular formula is C15H16N2O6S2. The van der Waals surface area contributed by atoms with Gasteiger partial charge in [-0.2, -0.15) is 0 Å². The van der Waals surface area contributed by atoms with Crippen LogP contribution in [0.1, 0.15) is 15.9 Å². The number of sulfonamides is 2. The fraction of sp³-hybridized carbons (Fsp3) is 0.133. The first-order chi connectivity index (χ1) is 11.5. The number of aromatic carboxylic acids is 1. The van der Waals surface area contributed by atoms with Gasteiger partial charge in [0.15, 0.2) is 0 Å². The Morgan fingerprint density at radius 3 is 2.04 bits per heavy atom. The minimum atomic E-state index is -3.81. The van der Waals surface area contributed by atoms with Crippen LogP contribution in [0.25, 0.3) is 0 Å². The normalized spacial score (nSPS) is 11.7. The summed E-state index contributed by atoms with van der Waals surface area (Å²) in [7, 11) is -7.46.